The van der Waals surface area contributed by atoms with Gasteiger partial charge in [-0.3, -0.25) is 4.79 Å². The lowest BCUT2D eigenvalue weighted by atomic mass is 10.2. The van der Waals surface area contributed by atoms with Crippen LogP contribution in [0.25, 0.3) is 0 Å². The van der Waals surface area contributed by atoms with E-state index >= 15 is 0 Å². The van der Waals surface area contributed by atoms with Crippen molar-refractivity contribution in [1.29, 1.82) is 0 Å². The maximum atomic E-state index is 13.6. The number of halogens is 1. The standard InChI is InChI=1S/C19H17FN4O3/c1-26-13-7-8-17(27-2)16(9-13)24-19-21-10-12(11-22-19)18(25)23-15-6-4-3-5-14(15)20/h3-11H,1-2H3,(H,23,25)(H,21,22,24). The molecule has 7 nitrogen and oxygen atoms in total. The molecule has 0 bridgehead atoms. The van der Waals surface area contributed by atoms with E-state index < -0.39 is 11.7 Å². The number of aromatic nitrogens is 2. The zero-order valence-electron chi connectivity index (χ0n) is 14.7. The number of carbonyl (C=O) groups excluding carboxylic acids is 1. The molecule has 0 saturated heterocycles. The monoisotopic (exact) mass is 368 g/mol. The maximum absolute atomic E-state index is 13.6. The maximum Gasteiger partial charge on any atom is 0.258 e. The summed E-state index contributed by atoms with van der Waals surface area (Å²) in [6.45, 7) is 0. The summed E-state index contributed by atoms with van der Waals surface area (Å²) in [7, 11) is 3.11. The average molecular weight is 368 g/mol. The Kier molecular flexibility index (Phi) is 5.46. The molecule has 138 valence electrons. The van der Waals surface area contributed by atoms with Crippen LogP contribution in [0.5, 0.6) is 11.5 Å². The third-order valence-electron chi connectivity index (χ3n) is 3.69. The summed E-state index contributed by atoms with van der Waals surface area (Å²) in [5.41, 5.74) is 0.896. The molecule has 0 saturated carbocycles. The number of para-hydroxylation sites is 1. The first-order valence-corrected chi connectivity index (χ1v) is 7.97. The van der Waals surface area contributed by atoms with E-state index in [4.69, 9.17) is 9.47 Å². The molecule has 2 N–H and O–H groups in total. The third-order valence-corrected chi connectivity index (χ3v) is 3.69. The summed E-state index contributed by atoms with van der Waals surface area (Å²) in [5, 5.41) is 5.48. The first-order valence-electron chi connectivity index (χ1n) is 7.97. The minimum Gasteiger partial charge on any atom is -0.497 e. The fourth-order valence-electron chi connectivity index (χ4n) is 2.30. The fraction of sp³-hybridized carbons (Fsp3) is 0.105. The van der Waals surface area contributed by atoms with Crippen molar-refractivity contribution in [2.75, 3.05) is 24.9 Å². The molecule has 3 rings (SSSR count). The SMILES string of the molecule is COc1ccc(OC)c(Nc2ncc(C(=O)Nc3ccccc3F)cn2)c1. The van der Waals surface area contributed by atoms with Crippen LogP contribution < -0.4 is 20.1 Å². The van der Waals surface area contributed by atoms with Crippen LogP contribution in [0, 0.1) is 5.82 Å². The molecule has 0 radical (unpaired) electrons. The molecule has 0 aliphatic rings. The Morgan fingerprint density at radius 3 is 2.41 bits per heavy atom. The Labute approximate surface area is 155 Å². The smallest absolute Gasteiger partial charge is 0.258 e. The van der Waals surface area contributed by atoms with Crippen LogP contribution in [0.1, 0.15) is 10.4 Å². The van der Waals surface area contributed by atoms with E-state index in [1.807, 2.05) is 0 Å². The second kappa shape index (κ2) is 8.13. The highest BCUT2D eigenvalue weighted by Crippen LogP contribution is 2.30. The summed E-state index contributed by atoms with van der Waals surface area (Å²) in [4.78, 5) is 20.4. The number of benzene rings is 2. The topological polar surface area (TPSA) is 85.4 Å². The zero-order valence-corrected chi connectivity index (χ0v) is 14.7. The number of carbonyl (C=O) groups is 1. The second-order valence-corrected chi connectivity index (χ2v) is 5.42. The van der Waals surface area contributed by atoms with Gasteiger partial charge in [0.1, 0.15) is 17.3 Å². The molecule has 0 spiro atoms. The largest absolute Gasteiger partial charge is 0.497 e. The molecule has 0 atom stereocenters. The molecule has 0 unspecified atom stereocenters. The molecule has 3 aromatic rings. The number of nitrogens with zero attached hydrogens (tertiary/aromatic N) is 2. The summed E-state index contributed by atoms with van der Waals surface area (Å²) in [6.07, 6.45) is 2.69. The Morgan fingerprint density at radius 2 is 1.74 bits per heavy atom. The van der Waals surface area contributed by atoms with Crippen molar-refractivity contribution in [3.8, 4) is 11.5 Å². The van der Waals surface area contributed by atoms with Gasteiger partial charge in [0.15, 0.2) is 0 Å². The minimum atomic E-state index is -0.518. The van der Waals surface area contributed by atoms with Gasteiger partial charge in [0.25, 0.3) is 5.91 Å². The predicted molar refractivity (Wildman–Crippen MR) is 99.2 cm³/mol. The molecule has 1 aromatic heterocycles. The number of hydrogen-bond acceptors (Lipinski definition) is 6. The van der Waals surface area contributed by atoms with E-state index in [-0.39, 0.29) is 17.2 Å². The first kappa shape index (κ1) is 18.1. The number of nitrogens with one attached hydrogen (secondary N) is 2. The number of amides is 1. The zero-order chi connectivity index (χ0) is 19.2. The molecular weight excluding hydrogens is 351 g/mol. The van der Waals surface area contributed by atoms with E-state index in [0.29, 0.717) is 17.2 Å². The van der Waals surface area contributed by atoms with Crippen molar-refractivity contribution in [1.82, 2.24) is 9.97 Å². The highest BCUT2D eigenvalue weighted by molar-refractivity contribution is 6.03. The van der Waals surface area contributed by atoms with Crippen LogP contribution in [0.4, 0.5) is 21.7 Å². The molecule has 2 aromatic carbocycles. The van der Waals surface area contributed by atoms with Crippen molar-refractivity contribution in [3.05, 3.63) is 66.2 Å². The van der Waals surface area contributed by atoms with Gasteiger partial charge in [-0.25, -0.2) is 14.4 Å². The molecule has 1 heterocycles. The molecule has 1 amide bonds. The number of anilines is 3. The summed E-state index contributed by atoms with van der Waals surface area (Å²) >= 11 is 0. The van der Waals surface area contributed by atoms with E-state index in [1.54, 1.807) is 44.6 Å². The quantitative estimate of drug-likeness (QED) is 0.691. The Hall–Kier alpha value is -3.68. The molecule has 27 heavy (non-hydrogen) atoms. The minimum absolute atomic E-state index is 0.0887. The van der Waals surface area contributed by atoms with Gasteiger partial charge in [-0.15, -0.1) is 0 Å². The average Bonchev–Trinajstić information content (AvgIpc) is 2.70. The highest BCUT2D eigenvalue weighted by Gasteiger charge is 2.11. The van der Waals surface area contributed by atoms with E-state index in [1.165, 1.54) is 24.5 Å². The second-order valence-electron chi connectivity index (χ2n) is 5.42. The van der Waals surface area contributed by atoms with Crippen molar-refractivity contribution < 1.29 is 18.7 Å². The lowest BCUT2D eigenvalue weighted by Gasteiger charge is -2.11. The highest BCUT2D eigenvalue weighted by atomic mass is 19.1. The molecular formula is C19H17FN4O3. The Balaban J connectivity index is 1.74. The van der Waals surface area contributed by atoms with Gasteiger partial charge in [-0.1, -0.05) is 12.1 Å². The van der Waals surface area contributed by atoms with Gasteiger partial charge in [0.2, 0.25) is 5.95 Å². The van der Waals surface area contributed by atoms with Crippen LogP contribution in [0.15, 0.2) is 54.9 Å². The lowest BCUT2D eigenvalue weighted by Crippen LogP contribution is -2.14. The van der Waals surface area contributed by atoms with Crippen molar-refractivity contribution in [2.24, 2.45) is 0 Å². The summed E-state index contributed by atoms with van der Waals surface area (Å²) < 4.78 is 24.1. The number of rotatable bonds is 6. The van der Waals surface area contributed by atoms with Crippen molar-refractivity contribution >= 4 is 23.2 Å². The Bertz CT molecular complexity index is 948. The third kappa shape index (κ3) is 4.30. The van der Waals surface area contributed by atoms with E-state index in [9.17, 15) is 9.18 Å². The first-order chi connectivity index (χ1) is 13.1. The van der Waals surface area contributed by atoms with Gasteiger partial charge in [-0.05, 0) is 24.3 Å². The molecule has 0 fully saturated rings. The number of ether oxygens (including phenoxy) is 2. The lowest BCUT2D eigenvalue weighted by molar-refractivity contribution is 0.102. The van der Waals surface area contributed by atoms with E-state index in [2.05, 4.69) is 20.6 Å². The van der Waals surface area contributed by atoms with Crippen molar-refractivity contribution in [3.63, 3.8) is 0 Å². The molecule has 8 heteroatoms. The van der Waals surface area contributed by atoms with Gasteiger partial charge >= 0.3 is 0 Å². The van der Waals surface area contributed by atoms with Crippen LogP contribution in [0.3, 0.4) is 0 Å². The van der Waals surface area contributed by atoms with Gasteiger partial charge in [-0.2, -0.15) is 0 Å². The van der Waals surface area contributed by atoms with Crippen LogP contribution in [-0.4, -0.2) is 30.1 Å². The van der Waals surface area contributed by atoms with Gasteiger partial charge in [0.05, 0.1) is 31.2 Å². The summed E-state index contributed by atoms with van der Waals surface area (Å²) in [5.74, 6) is 0.463. The fourth-order valence-corrected chi connectivity index (χ4v) is 2.30. The van der Waals surface area contributed by atoms with Crippen LogP contribution in [0.2, 0.25) is 0 Å². The molecule has 0 aliphatic carbocycles. The predicted octanol–water partition coefficient (Wildman–Crippen LogP) is 3.63. The van der Waals surface area contributed by atoms with Crippen LogP contribution >= 0.6 is 0 Å². The van der Waals surface area contributed by atoms with Crippen molar-refractivity contribution in [2.45, 2.75) is 0 Å². The Morgan fingerprint density at radius 1 is 1.00 bits per heavy atom. The number of methoxy groups -OCH3 is 2. The van der Waals surface area contributed by atoms with Gasteiger partial charge in [0, 0.05) is 18.5 Å². The summed E-state index contributed by atoms with van der Waals surface area (Å²) in [6, 6.07) is 11.2. The normalized spacial score (nSPS) is 10.2. The van der Waals surface area contributed by atoms with Crippen LogP contribution in [-0.2, 0) is 0 Å². The van der Waals surface area contributed by atoms with E-state index in [0.717, 1.165) is 0 Å². The number of hydrogen-bond donors (Lipinski definition) is 2. The van der Waals surface area contributed by atoms with Gasteiger partial charge < -0.3 is 20.1 Å². The molecule has 0 aliphatic heterocycles.